The van der Waals surface area contributed by atoms with Crippen LogP contribution in [-0.4, -0.2) is 12.5 Å². The molecule has 0 saturated heterocycles. The second-order valence-electron chi connectivity index (χ2n) is 13.8. The molecule has 1 aromatic heterocycles. The number of nitrogens with zero attached hydrogens (tertiary/aromatic N) is 1. The van der Waals surface area contributed by atoms with Crippen LogP contribution in [0.25, 0.3) is 64.3 Å². The van der Waals surface area contributed by atoms with Gasteiger partial charge in [0, 0.05) is 46.9 Å². The number of anilines is 3. The van der Waals surface area contributed by atoms with Gasteiger partial charge in [-0.1, -0.05) is 127 Å². The van der Waals surface area contributed by atoms with Crippen LogP contribution in [0, 0.1) is 0 Å². The number of hydrogen-bond donors (Lipinski definition) is 0. The van der Waals surface area contributed by atoms with Gasteiger partial charge in [-0.3, -0.25) is 0 Å². The van der Waals surface area contributed by atoms with Gasteiger partial charge in [0.1, 0.15) is 0 Å². The summed E-state index contributed by atoms with van der Waals surface area (Å²) in [5.74, 6) is 0. The first-order chi connectivity index (χ1) is 25.0. The average Bonchev–Trinajstić information content (AvgIpc) is 3.68. The standard InChI is InChI=1S/C48H35NS2/c1-51(2)45-29-28-41-40-18-8-9-21-44(40)50-47(41)46(45)42-19-11-20-43(48(42)51)49(38-26-24-34(25-27-38)32-12-4-3-5-13-32)39-17-10-16-36(31-39)37-23-22-33-14-6-7-15-35(33)30-37/h3-31H,1-2H3. The van der Waals surface area contributed by atoms with E-state index in [4.69, 9.17) is 0 Å². The van der Waals surface area contributed by atoms with Gasteiger partial charge in [0.2, 0.25) is 0 Å². The molecule has 0 unspecified atom stereocenters. The first-order valence-corrected chi connectivity index (χ1v) is 20.7. The summed E-state index contributed by atoms with van der Waals surface area (Å²) in [5, 5.41) is 5.22. The lowest BCUT2D eigenvalue weighted by molar-refractivity contribution is 1.23. The van der Waals surface area contributed by atoms with Crippen molar-refractivity contribution in [3.05, 3.63) is 176 Å². The largest absolute Gasteiger partial charge is 0.309 e. The van der Waals surface area contributed by atoms with E-state index in [-0.39, 0.29) is 0 Å². The Labute approximate surface area is 304 Å². The fourth-order valence-corrected chi connectivity index (χ4v) is 12.1. The van der Waals surface area contributed by atoms with Crippen LogP contribution in [0.5, 0.6) is 0 Å². The minimum atomic E-state index is -1.36. The van der Waals surface area contributed by atoms with Crippen LogP contribution in [-0.2, 0) is 0 Å². The molecule has 0 saturated carbocycles. The van der Waals surface area contributed by atoms with Crippen molar-refractivity contribution < 1.29 is 0 Å². The van der Waals surface area contributed by atoms with Crippen LogP contribution >= 0.6 is 21.4 Å². The number of benzene rings is 8. The van der Waals surface area contributed by atoms with Crippen LogP contribution in [0.2, 0.25) is 0 Å². The molecule has 1 aliphatic rings. The van der Waals surface area contributed by atoms with E-state index < -0.39 is 10.0 Å². The Kier molecular flexibility index (Phi) is 6.96. The first-order valence-electron chi connectivity index (χ1n) is 17.4. The molecule has 0 atom stereocenters. The van der Waals surface area contributed by atoms with Gasteiger partial charge in [-0.15, -0.1) is 11.3 Å². The molecule has 51 heavy (non-hydrogen) atoms. The molecule has 0 fully saturated rings. The van der Waals surface area contributed by atoms with Gasteiger partial charge in [0.25, 0.3) is 0 Å². The lowest BCUT2D eigenvalue weighted by atomic mass is 9.99. The van der Waals surface area contributed by atoms with Crippen molar-refractivity contribution >= 4 is 69.4 Å². The highest BCUT2D eigenvalue weighted by atomic mass is 32.3. The molecule has 10 rings (SSSR count). The van der Waals surface area contributed by atoms with E-state index in [0.29, 0.717) is 0 Å². The van der Waals surface area contributed by atoms with Crippen molar-refractivity contribution in [1.29, 1.82) is 0 Å². The Balaban J connectivity index is 1.19. The van der Waals surface area contributed by atoms with Crippen LogP contribution in [0.15, 0.2) is 186 Å². The third-order valence-corrected chi connectivity index (χ3v) is 14.6. The molecule has 0 spiro atoms. The summed E-state index contributed by atoms with van der Waals surface area (Å²) in [6.07, 6.45) is 4.98. The first kappa shape index (κ1) is 30.2. The van der Waals surface area contributed by atoms with Gasteiger partial charge in [-0.2, -0.15) is 10.0 Å². The maximum absolute atomic E-state index is 2.50. The number of fused-ring (bicyclic) bond motifs is 8. The maximum atomic E-state index is 2.50. The van der Waals surface area contributed by atoms with E-state index in [9.17, 15) is 0 Å². The third-order valence-electron chi connectivity index (χ3n) is 10.5. The Morgan fingerprint density at radius 3 is 2.02 bits per heavy atom. The highest BCUT2D eigenvalue weighted by Crippen LogP contribution is 2.71. The topological polar surface area (TPSA) is 3.24 Å². The highest BCUT2D eigenvalue weighted by molar-refractivity contribution is 8.33. The predicted molar refractivity (Wildman–Crippen MR) is 224 cm³/mol. The minimum absolute atomic E-state index is 1.15. The van der Waals surface area contributed by atoms with Crippen LogP contribution in [0.4, 0.5) is 17.1 Å². The van der Waals surface area contributed by atoms with Gasteiger partial charge in [0.05, 0.1) is 5.69 Å². The Bertz CT molecular complexity index is 2780. The zero-order valence-corrected chi connectivity index (χ0v) is 30.1. The summed E-state index contributed by atoms with van der Waals surface area (Å²) in [5.41, 5.74) is 11.2. The molecule has 9 aromatic rings. The molecular weight excluding hydrogens is 655 g/mol. The summed E-state index contributed by atoms with van der Waals surface area (Å²) in [6, 6.07) is 64.9. The number of rotatable bonds is 5. The third kappa shape index (κ3) is 4.84. The molecule has 0 N–H and O–H groups in total. The molecular formula is C48H35NS2. The maximum Gasteiger partial charge on any atom is 0.0591 e. The lowest BCUT2D eigenvalue weighted by Gasteiger charge is -2.35. The summed E-state index contributed by atoms with van der Waals surface area (Å²) in [6.45, 7) is 0. The van der Waals surface area contributed by atoms with Crippen molar-refractivity contribution in [2.45, 2.75) is 9.79 Å². The molecule has 0 aliphatic carbocycles. The molecule has 0 amide bonds. The van der Waals surface area contributed by atoms with Gasteiger partial charge in [-0.05, 0) is 99.6 Å². The quantitative estimate of drug-likeness (QED) is 0.174. The van der Waals surface area contributed by atoms with Crippen molar-refractivity contribution in [3.63, 3.8) is 0 Å². The summed E-state index contributed by atoms with van der Waals surface area (Å²) in [7, 11) is -1.36. The van der Waals surface area contributed by atoms with E-state index in [1.54, 1.807) is 0 Å². The normalized spacial score (nSPS) is 13.7. The van der Waals surface area contributed by atoms with Gasteiger partial charge in [0.15, 0.2) is 0 Å². The molecule has 2 heterocycles. The summed E-state index contributed by atoms with van der Waals surface area (Å²) >= 11 is 1.94. The molecule has 1 nitrogen and oxygen atoms in total. The molecule has 1 aliphatic heterocycles. The van der Waals surface area contributed by atoms with Gasteiger partial charge in [-0.25, -0.2) is 0 Å². The van der Waals surface area contributed by atoms with Crippen molar-refractivity contribution in [3.8, 4) is 33.4 Å². The van der Waals surface area contributed by atoms with Crippen LogP contribution in [0.3, 0.4) is 0 Å². The fourth-order valence-electron chi connectivity index (χ4n) is 8.05. The molecule has 244 valence electrons. The van der Waals surface area contributed by atoms with E-state index in [0.717, 1.165) is 11.4 Å². The Morgan fingerprint density at radius 1 is 0.471 bits per heavy atom. The second-order valence-corrected chi connectivity index (χ2v) is 18.3. The van der Waals surface area contributed by atoms with Gasteiger partial charge < -0.3 is 4.90 Å². The van der Waals surface area contributed by atoms with E-state index in [2.05, 4.69) is 193 Å². The van der Waals surface area contributed by atoms with Crippen molar-refractivity contribution in [2.24, 2.45) is 0 Å². The van der Waals surface area contributed by atoms with Crippen molar-refractivity contribution in [2.75, 3.05) is 17.4 Å². The van der Waals surface area contributed by atoms with Crippen LogP contribution in [0.1, 0.15) is 0 Å². The minimum Gasteiger partial charge on any atom is -0.309 e. The van der Waals surface area contributed by atoms with Crippen molar-refractivity contribution in [1.82, 2.24) is 0 Å². The number of hydrogen-bond acceptors (Lipinski definition) is 2. The van der Waals surface area contributed by atoms with E-state index in [1.807, 2.05) is 11.3 Å². The Morgan fingerprint density at radius 2 is 1.16 bits per heavy atom. The Hall–Kier alpha value is -5.61. The SMILES string of the molecule is CS1(C)c2ccc3c(sc4ccccc43)c2-c2cccc(N(c3ccc(-c4ccccc4)cc3)c3cccc(-c4ccc5ccccc5c4)c3)c21. The van der Waals surface area contributed by atoms with Gasteiger partial charge >= 0.3 is 0 Å². The zero-order valence-electron chi connectivity index (χ0n) is 28.5. The summed E-state index contributed by atoms with van der Waals surface area (Å²) in [4.78, 5) is 5.43. The predicted octanol–water partition coefficient (Wildman–Crippen LogP) is 14.5. The number of thiophene rings is 1. The second kappa shape index (κ2) is 11.7. The molecule has 0 radical (unpaired) electrons. The molecule has 0 bridgehead atoms. The van der Waals surface area contributed by atoms with Crippen LogP contribution < -0.4 is 4.90 Å². The average molecular weight is 690 g/mol. The van der Waals surface area contributed by atoms with E-state index >= 15 is 0 Å². The highest BCUT2D eigenvalue weighted by Gasteiger charge is 2.37. The monoisotopic (exact) mass is 689 g/mol. The summed E-state index contributed by atoms with van der Waals surface area (Å²) < 4.78 is 2.76. The zero-order chi connectivity index (χ0) is 34.1. The van der Waals surface area contributed by atoms with E-state index in [1.165, 1.54) is 79.8 Å². The molecule has 8 aromatic carbocycles. The smallest absolute Gasteiger partial charge is 0.0591 e. The molecule has 3 heteroatoms. The lowest BCUT2D eigenvalue weighted by Crippen LogP contribution is -2.13. The fraction of sp³-hybridized carbons (Fsp3) is 0.0417.